The molecule has 1 fully saturated rings. The molecule has 1 aliphatic carbocycles. The highest BCUT2D eigenvalue weighted by atomic mass is 35.5. The predicted octanol–water partition coefficient (Wildman–Crippen LogP) is 3.49. The van der Waals surface area contributed by atoms with Gasteiger partial charge >= 0.3 is 0 Å². The number of aromatic hydroxyl groups is 1. The van der Waals surface area contributed by atoms with Crippen LogP contribution in [-0.2, 0) is 11.8 Å². The molecule has 0 bridgehead atoms. The smallest absolute Gasteiger partial charge is 0.191 e. The Balaban J connectivity index is 1.50. The first-order valence-electron chi connectivity index (χ1n) is 9.13. The number of nitrogens with zero attached hydrogens (tertiary/aromatic N) is 1. The van der Waals surface area contributed by atoms with Crippen molar-refractivity contribution in [1.29, 1.82) is 0 Å². The molecule has 0 saturated heterocycles. The lowest BCUT2D eigenvalue weighted by atomic mass is 9.96. The molecule has 3 rings (SSSR count). The van der Waals surface area contributed by atoms with E-state index >= 15 is 0 Å². The van der Waals surface area contributed by atoms with Crippen LogP contribution in [0.4, 0.5) is 0 Å². The van der Waals surface area contributed by atoms with Crippen molar-refractivity contribution in [1.82, 2.24) is 10.6 Å². The Morgan fingerprint density at radius 2 is 2.04 bits per heavy atom. The number of rotatable bonds is 7. The van der Waals surface area contributed by atoms with Crippen LogP contribution < -0.4 is 15.4 Å². The molecule has 144 valence electrons. The van der Waals surface area contributed by atoms with Crippen molar-refractivity contribution < 1.29 is 9.84 Å². The molecule has 2 aromatic carbocycles. The third kappa shape index (κ3) is 4.86. The van der Waals surface area contributed by atoms with Gasteiger partial charge in [-0.25, -0.2) is 0 Å². The molecule has 5 nitrogen and oxygen atoms in total. The first-order chi connectivity index (χ1) is 13.1. The van der Waals surface area contributed by atoms with Crippen LogP contribution in [0.3, 0.4) is 0 Å². The second-order valence-electron chi connectivity index (χ2n) is 6.89. The zero-order chi connectivity index (χ0) is 19.3. The Morgan fingerprint density at radius 3 is 2.67 bits per heavy atom. The fourth-order valence-electron chi connectivity index (χ4n) is 3.21. The summed E-state index contributed by atoms with van der Waals surface area (Å²) in [5.41, 5.74) is 2.30. The minimum absolute atomic E-state index is 0.150. The fourth-order valence-corrected chi connectivity index (χ4v) is 3.40. The van der Waals surface area contributed by atoms with Crippen molar-refractivity contribution in [2.24, 2.45) is 4.99 Å². The fraction of sp³-hybridized carbons (Fsp3) is 0.381. The Bertz CT molecular complexity index is 819. The van der Waals surface area contributed by atoms with Crippen molar-refractivity contribution >= 4 is 17.6 Å². The van der Waals surface area contributed by atoms with E-state index in [9.17, 15) is 5.11 Å². The summed E-state index contributed by atoms with van der Waals surface area (Å²) in [7, 11) is 3.35. The molecule has 1 saturated carbocycles. The molecule has 0 heterocycles. The monoisotopic (exact) mass is 387 g/mol. The van der Waals surface area contributed by atoms with Gasteiger partial charge in [0.1, 0.15) is 11.5 Å². The lowest BCUT2D eigenvalue weighted by Gasteiger charge is -2.19. The topological polar surface area (TPSA) is 65.9 Å². The molecule has 0 amide bonds. The molecule has 0 atom stereocenters. The van der Waals surface area contributed by atoms with Gasteiger partial charge in [0.05, 0.1) is 7.11 Å². The molecular formula is C21H26ClN3O2. The van der Waals surface area contributed by atoms with E-state index in [0.29, 0.717) is 18.7 Å². The van der Waals surface area contributed by atoms with Gasteiger partial charge in [-0.1, -0.05) is 29.8 Å². The SMILES string of the molecule is CN=C(NCCc1ccc(OC)cc1O)NCC1(c2cccc(Cl)c2)CC1. The van der Waals surface area contributed by atoms with E-state index < -0.39 is 0 Å². The summed E-state index contributed by atoms with van der Waals surface area (Å²) in [6.45, 7) is 1.49. The quantitative estimate of drug-likeness (QED) is 0.502. The van der Waals surface area contributed by atoms with Gasteiger partial charge in [-0.05, 0) is 48.6 Å². The van der Waals surface area contributed by atoms with Gasteiger partial charge < -0.3 is 20.5 Å². The van der Waals surface area contributed by atoms with Gasteiger partial charge in [-0.2, -0.15) is 0 Å². The maximum Gasteiger partial charge on any atom is 0.191 e. The van der Waals surface area contributed by atoms with E-state index in [1.54, 1.807) is 20.2 Å². The summed E-state index contributed by atoms with van der Waals surface area (Å²) in [5, 5.41) is 17.6. The molecule has 0 spiro atoms. The number of phenols is 1. The van der Waals surface area contributed by atoms with E-state index in [1.807, 2.05) is 24.3 Å². The highest BCUT2D eigenvalue weighted by molar-refractivity contribution is 6.30. The summed E-state index contributed by atoms with van der Waals surface area (Å²) in [6.07, 6.45) is 2.99. The highest BCUT2D eigenvalue weighted by Gasteiger charge is 2.44. The number of methoxy groups -OCH3 is 1. The maximum atomic E-state index is 10.0. The van der Waals surface area contributed by atoms with Gasteiger partial charge in [0.2, 0.25) is 0 Å². The van der Waals surface area contributed by atoms with Gasteiger partial charge in [0.15, 0.2) is 5.96 Å². The Kier molecular flexibility index (Phi) is 6.11. The number of nitrogens with one attached hydrogen (secondary N) is 2. The predicted molar refractivity (Wildman–Crippen MR) is 110 cm³/mol. The normalized spacial score (nSPS) is 15.3. The van der Waals surface area contributed by atoms with Gasteiger partial charge in [0.25, 0.3) is 0 Å². The van der Waals surface area contributed by atoms with E-state index in [0.717, 1.165) is 35.9 Å². The first kappa shape index (κ1) is 19.4. The van der Waals surface area contributed by atoms with Crippen LogP contribution in [-0.4, -0.2) is 38.3 Å². The molecule has 0 unspecified atom stereocenters. The van der Waals surface area contributed by atoms with Gasteiger partial charge in [-0.15, -0.1) is 0 Å². The maximum absolute atomic E-state index is 10.0. The zero-order valence-electron chi connectivity index (χ0n) is 15.8. The minimum Gasteiger partial charge on any atom is -0.508 e. The van der Waals surface area contributed by atoms with Crippen molar-refractivity contribution in [3.8, 4) is 11.5 Å². The zero-order valence-corrected chi connectivity index (χ0v) is 16.5. The average molecular weight is 388 g/mol. The van der Waals surface area contributed by atoms with Crippen molar-refractivity contribution in [3.63, 3.8) is 0 Å². The molecule has 3 N–H and O–H groups in total. The lowest BCUT2D eigenvalue weighted by molar-refractivity contribution is 0.406. The Labute approximate surface area is 165 Å². The van der Waals surface area contributed by atoms with Gasteiger partial charge in [-0.3, -0.25) is 4.99 Å². The van der Waals surface area contributed by atoms with Crippen molar-refractivity contribution in [3.05, 3.63) is 58.6 Å². The number of hydrogen-bond donors (Lipinski definition) is 3. The number of benzene rings is 2. The average Bonchev–Trinajstić information content (AvgIpc) is 3.46. The Hall–Kier alpha value is -2.40. The lowest BCUT2D eigenvalue weighted by Crippen LogP contribution is -2.41. The second-order valence-corrected chi connectivity index (χ2v) is 7.32. The molecule has 27 heavy (non-hydrogen) atoms. The highest BCUT2D eigenvalue weighted by Crippen LogP contribution is 2.48. The minimum atomic E-state index is 0.150. The summed E-state index contributed by atoms with van der Waals surface area (Å²) in [4.78, 5) is 4.30. The first-order valence-corrected chi connectivity index (χ1v) is 9.50. The number of hydrogen-bond acceptors (Lipinski definition) is 3. The number of aliphatic imine (C=N–C) groups is 1. The van der Waals surface area contributed by atoms with Crippen molar-refractivity contribution in [2.45, 2.75) is 24.7 Å². The van der Waals surface area contributed by atoms with Crippen LogP contribution in [0.25, 0.3) is 0 Å². The Morgan fingerprint density at radius 1 is 1.22 bits per heavy atom. The van der Waals surface area contributed by atoms with E-state index in [2.05, 4.69) is 27.8 Å². The molecule has 2 aromatic rings. The number of phenolic OH excluding ortho intramolecular Hbond substituents is 1. The van der Waals surface area contributed by atoms with E-state index in [-0.39, 0.29) is 11.2 Å². The number of ether oxygens (including phenoxy) is 1. The van der Waals surface area contributed by atoms with Crippen LogP contribution in [0.2, 0.25) is 5.02 Å². The van der Waals surface area contributed by atoms with Crippen LogP contribution in [0, 0.1) is 0 Å². The summed E-state index contributed by atoms with van der Waals surface area (Å²) in [6, 6.07) is 13.5. The molecule has 6 heteroatoms. The third-order valence-corrected chi connectivity index (χ3v) is 5.32. The van der Waals surface area contributed by atoms with E-state index in [1.165, 1.54) is 5.56 Å². The summed E-state index contributed by atoms with van der Waals surface area (Å²) < 4.78 is 5.11. The van der Waals surface area contributed by atoms with Gasteiger partial charge in [0, 0.05) is 36.6 Å². The number of guanidine groups is 1. The standard InChI is InChI=1S/C21H26ClN3O2/c1-23-20(24-11-8-15-6-7-18(27-2)13-19(15)26)25-14-21(9-10-21)16-4-3-5-17(22)12-16/h3-7,12-13,26H,8-11,14H2,1-2H3,(H2,23,24,25). The summed E-state index contributed by atoms with van der Waals surface area (Å²) >= 11 is 6.14. The molecule has 1 aliphatic rings. The van der Waals surface area contributed by atoms with Crippen LogP contribution in [0.1, 0.15) is 24.0 Å². The second kappa shape index (κ2) is 8.53. The van der Waals surface area contributed by atoms with Crippen LogP contribution in [0.15, 0.2) is 47.5 Å². The van der Waals surface area contributed by atoms with E-state index in [4.69, 9.17) is 16.3 Å². The van der Waals surface area contributed by atoms with Crippen molar-refractivity contribution in [2.75, 3.05) is 27.2 Å². The van der Waals surface area contributed by atoms with Crippen LogP contribution in [0.5, 0.6) is 11.5 Å². The largest absolute Gasteiger partial charge is 0.508 e. The summed E-state index contributed by atoms with van der Waals surface area (Å²) in [5.74, 6) is 1.66. The molecular weight excluding hydrogens is 362 g/mol. The molecule has 0 radical (unpaired) electrons. The molecule has 0 aromatic heterocycles. The molecule has 0 aliphatic heterocycles. The number of halogens is 1. The third-order valence-electron chi connectivity index (χ3n) is 5.09. The van der Waals surface area contributed by atoms with Crippen LogP contribution >= 0.6 is 11.6 Å².